The summed E-state index contributed by atoms with van der Waals surface area (Å²) in [5, 5.41) is 0. The Labute approximate surface area is 121 Å². The largest absolute Gasteiger partial charge is 0.378 e. The van der Waals surface area contributed by atoms with Crippen LogP contribution in [0.15, 0.2) is 0 Å². The lowest BCUT2D eigenvalue weighted by molar-refractivity contribution is -0.135. The average molecular weight is 303 g/mol. The number of hydrogen-bond acceptors (Lipinski definition) is 4. The molecule has 1 unspecified atom stereocenters. The second-order valence-electron chi connectivity index (χ2n) is 6.46. The zero-order chi connectivity index (χ0) is 15.0. The van der Waals surface area contributed by atoms with Gasteiger partial charge in [0.2, 0.25) is 5.91 Å². The van der Waals surface area contributed by atoms with Gasteiger partial charge in [-0.05, 0) is 45.4 Å². The van der Waals surface area contributed by atoms with Crippen molar-refractivity contribution in [2.24, 2.45) is 5.92 Å². The number of piperidine rings is 1. The molecular weight excluding hydrogens is 278 g/mol. The third-order valence-electron chi connectivity index (χ3n) is 4.76. The van der Waals surface area contributed by atoms with Crippen molar-refractivity contribution in [3.63, 3.8) is 0 Å². The summed E-state index contributed by atoms with van der Waals surface area (Å²) in [6.45, 7) is 5.13. The molecule has 0 aromatic heterocycles. The molecule has 0 spiro atoms. The number of rotatable bonds is 3. The molecule has 0 aliphatic carbocycles. The maximum atomic E-state index is 12.4. The molecule has 2 rings (SSSR count). The van der Waals surface area contributed by atoms with Crippen molar-refractivity contribution in [1.29, 1.82) is 0 Å². The highest BCUT2D eigenvalue weighted by Gasteiger charge is 2.42. The molecule has 0 saturated carbocycles. The van der Waals surface area contributed by atoms with Gasteiger partial charge in [0.1, 0.15) is 4.75 Å². The van der Waals surface area contributed by atoms with Gasteiger partial charge >= 0.3 is 0 Å². The number of nitrogens with zero attached hydrogens (tertiary/aromatic N) is 1. The first kappa shape index (κ1) is 15.8. The average Bonchev–Trinajstić information content (AvgIpc) is 2.90. The quantitative estimate of drug-likeness (QED) is 0.786. The zero-order valence-electron chi connectivity index (χ0n) is 12.6. The predicted molar refractivity (Wildman–Crippen MR) is 77.2 cm³/mol. The summed E-state index contributed by atoms with van der Waals surface area (Å²) in [5.74, 6) is 0.244. The minimum atomic E-state index is -3.40. The van der Waals surface area contributed by atoms with Crippen LogP contribution in [-0.2, 0) is 19.4 Å². The Bertz CT molecular complexity index is 458. The van der Waals surface area contributed by atoms with E-state index in [9.17, 15) is 13.2 Å². The molecule has 1 atom stereocenters. The topological polar surface area (TPSA) is 63.7 Å². The SMILES string of the molecule is CC(C)(C(=O)N1CCC(C2CCCO2)CC1)S(C)(=O)=O. The Morgan fingerprint density at radius 1 is 1.20 bits per heavy atom. The van der Waals surface area contributed by atoms with Crippen LogP contribution in [-0.4, -0.2) is 56.0 Å². The zero-order valence-corrected chi connectivity index (χ0v) is 13.4. The second-order valence-corrected chi connectivity index (χ2v) is 9.03. The van der Waals surface area contributed by atoms with Crippen LogP contribution in [0.5, 0.6) is 0 Å². The third-order valence-corrected chi connectivity index (χ3v) is 6.79. The summed E-state index contributed by atoms with van der Waals surface area (Å²) in [5.41, 5.74) is 0. The van der Waals surface area contributed by atoms with E-state index >= 15 is 0 Å². The van der Waals surface area contributed by atoms with Gasteiger partial charge in [0.25, 0.3) is 0 Å². The van der Waals surface area contributed by atoms with Gasteiger partial charge in [0.05, 0.1) is 6.10 Å². The normalized spacial score (nSPS) is 25.9. The Hall–Kier alpha value is -0.620. The van der Waals surface area contributed by atoms with Crippen molar-refractivity contribution < 1.29 is 17.9 Å². The molecule has 2 aliphatic rings. The highest BCUT2D eigenvalue weighted by molar-refractivity contribution is 7.92. The fraction of sp³-hybridized carbons (Fsp3) is 0.929. The van der Waals surface area contributed by atoms with E-state index in [1.54, 1.807) is 4.90 Å². The third kappa shape index (κ3) is 3.01. The second kappa shape index (κ2) is 5.64. The van der Waals surface area contributed by atoms with Crippen LogP contribution >= 0.6 is 0 Å². The summed E-state index contributed by atoms with van der Waals surface area (Å²) in [6.07, 6.45) is 5.55. The van der Waals surface area contributed by atoms with Gasteiger partial charge in [-0.1, -0.05) is 0 Å². The van der Waals surface area contributed by atoms with Crippen LogP contribution in [0.2, 0.25) is 0 Å². The number of amides is 1. The smallest absolute Gasteiger partial charge is 0.243 e. The Morgan fingerprint density at radius 2 is 1.80 bits per heavy atom. The van der Waals surface area contributed by atoms with Gasteiger partial charge in [0.15, 0.2) is 9.84 Å². The van der Waals surface area contributed by atoms with Gasteiger partial charge < -0.3 is 9.64 Å². The molecule has 2 aliphatic heterocycles. The van der Waals surface area contributed by atoms with E-state index in [4.69, 9.17) is 4.74 Å². The summed E-state index contributed by atoms with van der Waals surface area (Å²) in [4.78, 5) is 14.1. The number of ether oxygens (including phenoxy) is 1. The van der Waals surface area contributed by atoms with Crippen LogP contribution in [0.25, 0.3) is 0 Å². The molecule has 6 heteroatoms. The van der Waals surface area contributed by atoms with Crippen molar-refractivity contribution in [3.05, 3.63) is 0 Å². The predicted octanol–water partition coefficient (Wildman–Crippen LogP) is 1.23. The van der Waals surface area contributed by atoms with Gasteiger partial charge in [0, 0.05) is 26.0 Å². The van der Waals surface area contributed by atoms with E-state index in [-0.39, 0.29) is 5.91 Å². The van der Waals surface area contributed by atoms with E-state index in [1.165, 1.54) is 13.8 Å². The van der Waals surface area contributed by atoms with E-state index < -0.39 is 14.6 Å². The maximum absolute atomic E-state index is 12.4. The molecule has 0 bridgehead atoms. The first-order valence-electron chi connectivity index (χ1n) is 7.34. The van der Waals surface area contributed by atoms with E-state index in [2.05, 4.69) is 0 Å². The molecule has 0 N–H and O–H groups in total. The number of likely N-dealkylation sites (tertiary alicyclic amines) is 1. The van der Waals surface area contributed by atoms with Crippen LogP contribution in [0.1, 0.15) is 39.5 Å². The van der Waals surface area contributed by atoms with Crippen LogP contribution in [0, 0.1) is 5.92 Å². The van der Waals surface area contributed by atoms with Gasteiger partial charge in [-0.25, -0.2) is 8.42 Å². The highest BCUT2D eigenvalue weighted by atomic mass is 32.2. The van der Waals surface area contributed by atoms with Crippen LogP contribution in [0.3, 0.4) is 0 Å². The molecule has 116 valence electrons. The standard InChI is InChI=1S/C14H25NO4S/c1-14(2,20(3,17)18)13(16)15-8-6-11(7-9-15)12-5-4-10-19-12/h11-12H,4-10H2,1-3H3. The first-order valence-corrected chi connectivity index (χ1v) is 9.23. The van der Waals surface area contributed by atoms with Gasteiger partial charge in [-0.2, -0.15) is 0 Å². The molecule has 2 fully saturated rings. The number of carbonyl (C=O) groups is 1. The summed E-state index contributed by atoms with van der Waals surface area (Å²) in [6, 6.07) is 0. The summed E-state index contributed by atoms with van der Waals surface area (Å²) in [7, 11) is -3.40. The number of carbonyl (C=O) groups excluding carboxylic acids is 1. The number of hydrogen-bond donors (Lipinski definition) is 0. The van der Waals surface area contributed by atoms with Crippen LogP contribution < -0.4 is 0 Å². The minimum absolute atomic E-state index is 0.272. The van der Waals surface area contributed by atoms with Crippen molar-refractivity contribution in [1.82, 2.24) is 4.90 Å². The van der Waals surface area contributed by atoms with Crippen molar-refractivity contribution in [3.8, 4) is 0 Å². The molecular formula is C14H25NO4S. The summed E-state index contributed by atoms with van der Waals surface area (Å²) >= 11 is 0. The molecule has 2 heterocycles. The van der Waals surface area contributed by atoms with Crippen molar-refractivity contribution in [2.75, 3.05) is 26.0 Å². The lowest BCUT2D eigenvalue weighted by atomic mass is 9.89. The van der Waals surface area contributed by atoms with E-state index in [1.807, 2.05) is 0 Å². The summed E-state index contributed by atoms with van der Waals surface area (Å²) < 4.78 is 27.9. The fourth-order valence-electron chi connectivity index (χ4n) is 2.99. The Morgan fingerprint density at radius 3 is 2.25 bits per heavy atom. The van der Waals surface area contributed by atoms with E-state index in [0.29, 0.717) is 25.1 Å². The minimum Gasteiger partial charge on any atom is -0.378 e. The first-order chi connectivity index (χ1) is 9.23. The van der Waals surface area contributed by atoms with Crippen molar-refractivity contribution >= 4 is 15.7 Å². The maximum Gasteiger partial charge on any atom is 0.243 e. The fourth-order valence-corrected chi connectivity index (χ4v) is 3.43. The van der Waals surface area contributed by atoms with Crippen LogP contribution in [0.4, 0.5) is 0 Å². The molecule has 5 nitrogen and oxygen atoms in total. The Kier molecular flexibility index (Phi) is 4.44. The van der Waals surface area contributed by atoms with Gasteiger partial charge in [-0.15, -0.1) is 0 Å². The molecule has 1 amide bonds. The Balaban J connectivity index is 1.95. The molecule has 2 saturated heterocycles. The molecule has 0 aromatic rings. The van der Waals surface area contributed by atoms with Gasteiger partial charge in [-0.3, -0.25) is 4.79 Å². The lowest BCUT2D eigenvalue weighted by Gasteiger charge is -2.37. The molecule has 0 radical (unpaired) electrons. The molecule has 0 aromatic carbocycles. The number of sulfone groups is 1. The van der Waals surface area contributed by atoms with E-state index in [0.717, 1.165) is 38.5 Å². The lowest BCUT2D eigenvalue weighted by Crippen LogP contribution is -2.52. The van der Waals surface area contributed by atoms with Crippen molar-refractivity contribution in [2.45, 2.75) is 50.4 Å². The highest BCUT2D eigenvalue weighted by Crippen LogP contribution is 2.30. The molecule has 20 heavy (non-hydrogen) atoms. The monoisotopic (exact) mass is 303 g/mol.